The van der Waals surface area contributed by atoms with Gasteiger partial charge in [-0.1, -0.05) is 18.2 Å². The van der Waals surface area contributed by atoms with Crippen LogP contribution in [-0.2, 0) is 0 Å². The SMILES string of the molecule is CC(=O)c1ccccc1Oc1cc(C)ccc1[N+](=O)[O-]. The molecule has 0 atom stereocenters. The molecule has 0 spiro atoms. The molecule has 0 saturated carbocycles. The summed E-state index contributed by atoms with van der Waals surface area (Å²) in [7, 11) is 0. The molecule has 20 heavy (non-hydrogen) atoms. The molecule has 0 heterocycles. The Kier molecular flexibility index (Phi) is 3.79. The van der Waals surface area contributed by atoms with Gasteiger partial charge in [0, 0.05) is 6.07 Å². The number of hydrogen-bond donors (Lipinski definition) is 0. The van der Waals surface area contributed by atoms with Crippen LogP contribution in [0.1, 0.15) is 22.8 Å². The van der Waals surface area contributed by atoms with Crippen molar-refractivity contribution < 1.29 is 14.5 Å². The Balaban J connectivity index is 2.47. The summed E-state index contributed by atoms with van der Waals surface area (Å²) in [5.41, 5.74) is 1.10. The number of rotatable bonds is 4. The largest absolute Gasteiger partial charge is 0.449 e. The summed E-state index contributed by atoms with van der Waals surface area (Å²) in [6.45, 7) is 3.24. The first kappa shape index (κ1) is 13.7. The van der Waals surface area contributed by atoms with Crippen LogP contribution >= 0.6 is 0 Å². The number of benzene rings is 2. The van der Waals surface area contributed by atoms with E-state index in [9.17, 15) is 14.9 Å². The summed E-state index contributed by atoms with van der Waals surface area (Å²) in [5.74, 6) is 0.285. The van der Waals surface area contributed by atoms with E-state index < -0.39 is 4.92 Å². The lowest BCUT2D eigenvalue weighted by Gasteiger charge is -2.10. The van der Waals surface area contributed by atoms with Crippen molar-refractivity contribution in [2.24, 2.45) is 0 Å². The van der Waals surface area contributed by atoms with Gasteiger partial charge in [0.25, 0.3) is 0 Å². The maximum absolute atomic E-state index is 11.5. The minimum Gasteiger partial charge on any atom is -0.449 e. The zero-order valence-corrected chi connectivity index (χ0v) is 11.1. The molecule has 0 aliphatic carbocycles. The summed E-state index contributed by atoms with van der Waals surface area (Å²) in [6, 6.07) is 11.3. The molecule has 0 fully saturated rings. The Labute approximate surface area is 116 Å². The van der Waals surface area contributed by atoms with Crippen LogP contribution in [0.4, 0.5) is 5.69 Å². The van der Waals surface area contributed by atoms with E-state index in [1.807, 2.05) is 6.92 Å². The molecule has 0 amide bonds. The lowest BCUT2D eigenvalue weighted by Crippen LogP contribution is -1.99. The molecule has 0 unspecified atom stereocenters. The van der Waals surface area contributed by atoms with Crippen molar-refractivity contribution in [1.29, 1.82) is 0 Å². The number of carbonyl (C=O) groups excluding carboxylic acids is 1. The Morgan fingerprint density at radius 1 is 1.15 bits per heavy atom. The average Bonchev–Trinajstić information content (AvgIpc) is 2.38. The minimum atomic E-state index is -0.509. The van der Waals surface area contributed by atoms with E-state index in [0.29, 0.717) is 11.3 Å². The van der Waals surface area contributed by atoms with Crippen LogP contribution in [-0.4, -0.2) is 10.7 Å². The van der Waals surface area contributed by atoms with Crippen LogP contribution < -0.4 is 4.74 Å². The van der Waals surface area contributed by atoms with Crippen molar-refractivity contribution in [1.82, 2.24) is 0 Å². The topological polar surface area (TPSA) is 69.4 Å². The summed E-state index contributed by atoms with van der Waals surface area (Å²) in [6.07, 6.45) is 0. The van der Waals surface area contributed by atoms with Crippen molar-refractivity contribution >= 4 is 11.5 Å². The standard InChI is InChI=1S/C15H13NO4/c1-10-7-8-13(16(18)19)15(9-10)20-14-6-4-3-5-12(14)11(2)17/h3-9H,1-2H3. The highest BCUT2D eigenvalue weighted by Gasteiger charge is 2.17. The van der Waals surface area contributed by atoms with Crippen molar-refractivity contribution in [3.8, 4) is 11.5 Å². The van der Waals surface area contributed by atoms with Gasteiger partial charge in [-0.15, -0.1) is 0 Å². The van der Waals surface area contributed by atoms with E-state index in [2.05, 4.69) is 0 Å². The molecule has 0 radical (unpaired) electrons. The predicted octanol–water partition coefficient (Wildman–Crippen LogP) is 3.90. The molecule has 5 nitrogen and oxygen atoms in total. The number of Topliss-reactive ketones (excluding diaryl/α,β-unsaturated/α-hetero) is 1. The van der Waals surface area contributed by atoms with Crippen molar-refractivity contribution in [2.75, 3.05) is 0 Å². The summed E-state index contributed by atoms with van der Waals surface area (Å²) >= 11 is 0. The number of hydrogen-bond acceptors (Lipinski definition) is 4. The zero-order chi connectivity index (χ0) is 14.7. The van der Waals surface area contributed by atoms with E-state index in [-0.39, 0.29) is 17.2 Å². The second kappa shape index (κ2) is 5.52. The second-order valence-corrected chi connectivity index (χ2v) is 4.38. The summed E-state index contributed by atoms with van der Waals surface area (Å²) < 4.78 is 5.58. The molecule has 0 aromatic heterocycles. The predicted molar refractivity (Wildman–Crippen MR) is 74.4 cm³/mol. The summed E-state index contributed by atoms with van der Waals surface area (Å²) in [5, 5.41) is 11.0. The van der Waals surface area contributed by atoms with E-state index >= 15 is 0 Å². The van der Waals surface area contributed by atoms with Gasteiger partial charge < -0.3 is 4.74 Å². The third-order valence-electron chi connectivity index (χ3n) is 2.80. The van der Waals surface area contributed by atoms with Crippen LogP contribution in [0, 0.1) is 17.0 Å². The van der Waals surface area contributed by atoms with Crippen molar-refractivity contribution in [3.05, 3.63) is 63.7 Å². The van der Waals surface area contributed by atoms with E-state index in [4.69, 9.17) is 4.74 Å². The number of ether oxygens (including phenoxy) is 1. The monoisotopic (exact) mass is 271 g/mol. The van der Waals surface area contributed by atoms with Gasteiger partial charge in [0.1, 0.15) is 5.75 Å². The van der Waals surface area contributed by atoms with Crippen molar-refractivity contribution in [2.45, 2.75) is 13.8 Å². The number of aryl methyl sites for hydroxylation is 1. The first-order valence-electron chi connectivity index (χ1n) is 6.02. The summed E-state index contributed by atoms with van der Waals surface area (Å²) in [4.78, 5) is 22.0. The maximum Gasteiger partial charge on any atom is 0.311 e. The van der Waals surface area contributed by atoms with Gasteiger partial charge in [-0.3, -0.25) is 14.9 Å². The maximum atomic E-state index is 11.5. The van der Waals surface area contributed by atoms with Gasteiger partial charge in [-0.25, -0.2) is 0 Å². The number of ketones is 1. The van der Waals surface area contributed by atoms with Crippen LogP contribution in [0.5, 0.6) is 11.5 Å². The van der Waals surface area contributed by atoms with E-state index in [0.717, 1.165) is 5.56 Å². The molecule has 5 heteroatoms. The Morgan fingerprint density at radius 3 is 2.50 bits per heavy atom. The third kappa shape index (κ3) is 2.83. The molecule has 0 saturated heterocycles. The fraction of sp³-hybridized carbons (Fsp3) is 0.133. The third-order valence-corrected chi connectivity index (χ3v) is 2.80. The molecule has 0 aliphatic heterocycles. The molecular formula is C15H13NO4. The van der Waals surface area contributed by atoms with Gasteiger partial charge >= 0.3 is 5.69 Å². The zero-order valence-electron chi connectivity index (χ0n) is 11.1. The molecule has 2 aromatic carbocycles. The quantitative estimate of drug-likeness (QED) is 0.480. The average molecular weight is 271 g/mol. The first-order chi connectivity index (χ1) is 9.49. The molecular weight excluding hydrogens is 258 g/mol. The molecule has 102 valence electrons. The van der Waals surface area contributed by atoms with Crippen molar-refractivity contribution in [3.63, 3.8) is 0 Å². The molecule has 0 N–H and O–H groups in total. The number of carbonyl (C=O) groups is 1. The normalized spacial score (nSPS) is 10.1. The van der Waals surface area contributed by atoms with Gasteiger partial charge in [-0.2, -0.15) is 0 Å². The highest BCUT2D eigenvalue weighted by molar-refractivity contribution is 5.96. The van der Waals surface area contributed by atoms with Gasteiger partial charge in [0.05, 0.1) is 10.5 Å². The van der Waals surface area contributed by atoms with E-state index in [1.54, 1.807) is 36.4 Å². The molecule has 0 bridgehead atoms. The highest BCUT2D eigenvalue weighted by Crippen LogP contribution is 2.33. The van der Waals surface area contributed by atoms with Crippen LogP contribution in [0.25, 0.3) is 0 Å². The lowest BCUT2D eigenvalue weighted by molar-refractivity contribution is -0.385. The Bertz CT molecular complexity index is 679. The molecule has 2 aromatic rings. The Hall–Kier alpha value is -2.69. The van der Waals surface area contributed by atoms with Crippen LogP contribution in [0.2, 0.25) is 0 Å². The number of nitro benzene ring substituents is 1. The van der Waals surface area contributed by atoms with Gasteiger partial charge in [0.15, 0.2) is 5.78 Å². The van der Waals surface area contributed by atoms with Crippen LogP contribution in [0.15, 0.2) is 42.5 Å². The number of nitro groups is 1. The molecule has 2 rings (SSSR count). The number of para-hydroxylation sites is 1. The Morgan fingerprint density at radius 2 is 1.85 bits per heavy atom. The van der Waals surface area contributed by atoms with Crippen LogP contribution in [0.3, 0.4) is 0 Å². The number of nitrogens with zero attached hydrogens (tertiary/aromatic N) is 1. The van der Waals surface area contributed by atoms with Gasteiger partial charge in [0.2, 0.25) is 5.75 Å². The smallest absolute Gasteiger partial charge is 0.311 e. The lowest BCUT2D eigenvalue weighted by atomic mass is 10.1. The second-order valence-electron chi connectivity index (χ2n) is 4.38. The van der Waals surface area contributed by atoms with Gasteiger partial charge in [-0.05, 0) is 37.6 Å². The first-order valence-corrected chi connectivity index (χ1v) is 6.02. The van der Waals surface area contributed by atoms with E-state index in [1.165, 1.54) is 13.0 Å². The highest BCUT2D eigenvalue weighted by atomic mass is 16.6. The fourth-order valence-corrected chi connectivity index (χ4v) is 1.82. The molecule has 0 aliphatic rings. The minimum absolute atomic E-state index is 0.128. The fourth-order valence-electron chi connectivity index (χ4n) is 1.82.